The Kier molecular flexibility index (Phi) is 3.99. The molecule has 0 amide bonds. The average Bonchev–Trinajstić information content (AvgIpc) is 2.39. The van der Waals surface area contributed by atoms with Gasteiger partial charge in [-0.2, -0.15) is 5.26 Å². The molecule has 0 aromatic heterocycles. The summed E-state index contributed by atoms with van der Waals surface area (Å²) < 4.78 is 0. The number of benzene rings is 1. The molecule has 3 nitrogen and oxygen atoms in total. The highest BCUT2D eigenvalue weighted by Crippen LogP contribution is 2.25. The van der Waals surface area contributed by atoms with Gasteiger partial charge < -0.3 is 4.90 Å². The fourth-order valence-corrected chi connectivity index (χ4v) is 2.50. The van der Waals surface area contributed by atoms with Crippen molar-refractivity contribution < 1.29 is 4.79 Å². The number of rotatable bonds is 3. The molecule has 1 unspecified atom stereocenters. The lowest BCUT2D eigenvalue weighted by Crippen LogP contribution is -2.35. The maximum absolute atomic E-state index is 11.2. The molecule has 1 saturated heterocycles. The van der Waals surface area contributed by atoms with Gasteiger partial charge in [0.1, 0.15) is 0 Å². The molecular formula is C15H18N2O. The standard InChI is InChI=1S/C15H18N2O/c1-12(18)14-4-6-15(7-5-14)17-10-2-3-13(11-17)8-9-16/h4-7,13H,2-3,8,10-11H2,1H3. The summed E-state index contributed by atoms with van der Waals surface area (Å²) >= 11 is 0. The van der Waals surface area contributed by atoms with E-state index in [0.717, 1.165) is 37.2 Å². The van der Waals surface area contributed by atoms with E-state index < -0.39 is 0 Å². The second kappa shape index (κ2) is 5.68. The van der Waals surface area contributed by atoms with Crippen LogP contribution in [0.4, 0.5) is 5.69 Å². The minimum absolute atomic E-state index is 0.0996. The van der Waals surface area contributed by atoms with Gasteiger partial charge in [0.25, 0.3) is 0 Å². The lowest BCUT2D eigenvalue weighted by atomic mass is 9.95. The van der Waals surface area contributed by atoms with Crippen molar-refractivity contribution in [2.75, 3.05) is 18.0 Å². The van der Waals surface area contributed by atoms with E-state index in [0.29, 0.717) is 12.3 Å². The van der Waals surface area contributed by atoms with Crippen LogP contribution in [0.25, 0.3) is 0 Å². The van der Waals surface area contributed by atoms with Gasteiger partial charge in [0, 0.05) is 30.8 Å². The Balaban J connectivity index is 2.07. The molecular weight excluding hydrogens is 224 g/mol. The van der Waals surface area contributed by atoms with Crippen LogP contribution in [-0.2, 0) is 0 Å². The molecule has 0 aliphatic carbocycles. The van der Waals surface area contributed by atoms with Gasteiger partial charge in [-0.3, -0.25) is 4.79 Å². The van der Waals surface area contributed by atoms with Crippen molar-refractivity contribution >= 4 is 11.5 Å². The van der Waals surface area contributed by atoms with Crippen LogP contribution in [0.1, 0.15) is 36.5 Å². The zero-order chi connectivity index (χ0) is 13.0. The van der Waals surface area contributed by atoms with Gasteiger partial charge >= 0.3 is 0 Å². The predicted octanol–water partition coefficient (Wildman–Crippen LogP) is 3.02. The Hall–Kier alpha value is -1.82. The highest BCUT2D eigenvalue weighted by Gasteiger charge is 2.19. The van der Waals surface area contributed by atoms with Crippen molar-refractivity contribution in [3.05, 3.63) is 29.8 Å². The summed E-state index contributed by atoms with van der Waals surface area (Å²) in [6.45, 7) is 3.58. The number of carbonyl (C=O) groups excluding carboxylic acids is 1. The van der Waals surface area contributed by atoms with Crippen LogP contribution in [0.15, 0.2) is 24.3 Å². The topological polar surface area (TPSA) is 44.1 Å². The maximum Gasteiger partial charge on any atom is 0.159 e. The van der Waals surface area contributed by atoms with Crippen LogP contribution in [0.3, 0.4) is 0 Å². The minimum atomic E-state index is 0.0996. The van der Waals surface area contributed by atoms with Gasteiger partial charge in [0.2, 0.25) is 0 Å². The maximum atomic E-state index is 11.2. The molecule has 0 saturated carbocycles. The summed E-state index contributed by atoms with van der Waals surface area (Å²) in [5.41, 5.74) is 1.91. The molecule has 0 spiro atoms. The number of nitriles is 1. The van der Waals surface area contributed by atoms with E-state index >= 15 is 0 Å². The largest absolute Gasteiger partial charge is 0.371 e. The lowest BCUT2D eigenvalue weighted by Gasteiger charge is -2.33. The second-order valence-corrected chi connectivity index (χ2v) is 4.92. The Labute approximate surface area is 108 Å². The van der Waals surface area contributed by atoms with Crippen LogP contribution in [0.5, 0.6) is 0 Å². The van der Waals surface area contributed by atoms with Gasteiger partial charge in [0.15, 0.2) is 5.78 Å². The molecule has 1 aromatic rings. The number of nitrogens with zero attached hydrogens (tertiary/aromatic N) is 2. The number of Topliss-reactive ketones (excluding diaryl/α,β-unsaturated/α-hetero) is 1. The highest BCUT2D eigenvalue weighted by atomic mass is 16.1. The number of hydrogen-bond acceptors (Lipinski definition) is 3. The van der Waals surface area contributed by atoms with Crippen molar-refractivity contribution in [1.29, 1.82) is 5.26 Å². The summed E-state index contributed by atoms with van der Waals surface area (Å²) in [6.07, 6.45) is 2.93. The number of hydrogen-bond donors (Lipinski definition) is 0. The molecule has 1 fully saturated rings. The van der Waals surface area contributed by atoms with Gasteiger partial charge in [-0.05, 0) is 49.9 Å². The molecule has 0 N–H and O–H groups in total. The predicted molar refractivity (Wildman–Crippen MR) is 71.6 cm³/mol. The fraction of sp³-hybridized carbons (Fsp3) is 0.467. The smallest absolute Gasteiger partial charge is 0.159 e. The zero-order valence-electron chi connectivity index (χ0n) is 10.7. The third kappa shape index (κ3) is 2.89. The Bertz CT molecular complexity index is 458. The van der Waals surface area contributed by atoms with E-state index in [1.165, 1.54) is 0 Å². The first-order valence-corrected chi connectivity index (χ1v) is 6.43. The van der Waals surface area contributed by atoms with E-state index in [9.17, 15) is 4.79 Å². The monoisotopic (exact) mass is 242 g/mol. The van der Waals surface area contributed by atoms with Crippen molar-refractivity contribution in [2.45, 2.75) is 26.2 Å². The molecule has 0 radical (unpaired) electrons. The van der Waals surface area contributed by atoms with Gasteiger partial charge in [0.05, 0.1) is 6.07 Å². The van der Waals surface area contributed by atoms with Gasteiger partial charge in [-0.25, -0.2) is 0 Å². The molecule has 1 atom stereocenters. The Morgan fingerprint density at radius 1 is 1.44 bits per heavy atom. The van der Waals surface area contributed by atoms with Crippen molar-refractivity contribution in [2.24, 2.45) is 5.92 Å². The molecule has 0 bridgehead atoms. The molecule has 1 aromatic carbocycles. The van der Waals surface area contributed by atoms with Crippen LogP contribution in [0.2, 0.25) is 0 Å². The number of ketones is 1. The minimum Gasteiger partial charge on any atom is -0.371 e. The number of piperidine rings is 1. The van der Waals surface area contributed by atoms with E-state index in [2.05, 4.69) is 11.0 Å². The molecule has 1 heterocycles. The van der Waals surface area contributed by atoms with Crippen molar-refractivity contribution in [1.82, 2.24) is 0 Å². The number of anilines is 1. The average molecular weight is 242 g/mol. The van der Waals surface area contributed by atoms with Gasteiger partial charge in [-0.1, -0.05) is 0 Å². The van der Waals surface area contributed by atoms with E-state index in [-0.39, 0.29) is 5.78 Å². The van der Waals surface area contributed by atoms with Crippen LogP contribution < -0.4 is 4.90 Å². The third-order valence-electron chi connectivity index (χ3n) is 3.54. The highest BCUT2D eigenvalue weighted by molar-refractivity contribution is 5.94. The summed E-state index contributed by atoms with van der Waals surface area (Å²) in [4.78, 5) is 13.5. The van der Waals surface area contributed by atoms with Crippen LogP contribution in [0, 0.1) is 17.2 Å². The molecule has 1 aliphatic rings. The van der Waals surface area contributed by atoms with E-state index in [4.69, 9.17) is 5.26 Å². The molecule has 3 heteroatoms. The SMILES string of the molecule is CC(=O)c1ccc(N2CCCC(CC#N)C2)cc1. The summed E-state index contributed by atoms with van der Waals surface area (Å²) in [7, 11) is 0. The summed E-state index contributed by atoms with van der Waals surface area (Å²) in [6, 6.07) is 10.0. The fourth-order valence-electron chi connectivity index (χ4n) is 2.50. The first kappa shape index (κ1) is 12.6. The summed E-state index contributed by atoms with van der Waals surface area (Å²) in [5, 5.41) is 8.77. The third-order valence-corrected chi connectivity index (χ3v) is 3.54. The summed E-state index contributed by atoms with van der Waals surface area (Å²) in [5.74, 6) is 0.582. The molecule has 2 rings (SSSR count). The van der Waals surface area contributed by atoms with Crippen molar-refractivity contribution in [3.8, 4) is 6.07 Å². The first-order chi connectivity index (χ1) is 8.70. The lowest BCUT2D eigenvalue weighted by molar-refractivity contribution is 0.101. The van der Waals surface area contributed by atoms with Gasteiger partial charge in [-0.15, -0.1) is 0 Å². The van der Waals surface area contributed by atoms with E-state index in [1.807, 2.05) is 24.3 Å². The van der Waals surface area contributed by atoms with Crippen LogP contribution >= 0.6 is 0 Å². The molecule has 94 valence electrons. The normalized spacial score (nSPS) is 19.3. The van der Waals surface area contributed by atoms with Crippen molar-refractivity contribution in [3.63, 3.8) is 0 Å². The van der Waals surface area contributed by atoms with Crippen LogP contribution in [-0.4, -0.2) is 18.9 Å². The Morgan fingerprint density at radius 3 is 2.78 bits per heavy atom. The first-order valence-electron chi connectivity index (χ1n) is 6.43. The molecule has 18 heavy (non-hydrogen) atoms. The quantitative estimate of drug-likeness (QED) is 0.765. The number of carbonyl (C=O) groups is 1. The second-order valence-electron chi connectivity index (χ2n) is 4.92. The Morgan fingerprint density at radius 2 is 2.17 bits per heavy atom. The van der Waals surface area contributed by atoms with E-state index in [1.54, 1.807) is 6.92 Å². The zero-order valence-corrected chi connectivity index (χ0v) is 10.7. The molecule has 1 aliphatic heterocycles.